The van der Waals surface area contributed by atoms with Crippen LogP contribution in [0, 0.1) is 6.92 Å². The predicted octanol–water partition coefficient (Wildman–Crippen LogP) is 4.72. The normalized spacial score (nSPS) is 10.4. The molecule has 0 aliphatic rings. The van der Waals surface area contributed by atoms with E-state index in [2.05, 4.69) is 43.3 Å². The molecule has 0 radical (unpaired) electrons. The fraction of sp³-hybridized carbons (Fsp3) is 0.0556. The van der Waals surface area contributed by atoms with Crippen molar-refractivity contribution in [3.05, 3.63) is 78.4 Å². The lowest BCUT2D eigenvalue weighted by Gasteiger charge is -2.07. The fourth-order valence-electron chi connectivity index (χ4n) is 2.18. The second kappa shape index (κ2) is 5.07. The SMILES string of the molecule is Cc1cc(-c2ccccc2)nc(-c2ccccc2)c1. The van der Waals surface area contributed by atoms with Crippen LogP contribution in [0.3, 0.4) is 0 Å². The maximum absolute atomic E-state index is 4.77. The van der Waals surface area contributed by atoms with E-state index in [1.165, 1.54) is 5.56 Å². The van der Waals surface area contributed by atoms with E-state index in [1.807, 2.05) is 36.4 Å². The quantitative estimate of drug-likeness (QED) is 0.636. The third-order valence-electron chi connectivity index (χ3n) is 3.11. The molecule has 0 saturated heterocycles. The number of pyridine rings is 1. The molecule has 0 unspecified atom stereocenters. The molecular weight excluding hydrogens is 230 g/mol. The van der Waals surface area contributed by atoms with Gasteiger partial charge >= 0.3 is 0 Å². The summed E-state index contributed by atoms with van der Waals surface area (Å²) >= 11 is 0. The van der Waals surface area contributed by atoms with Crippen molar-refractivity contribution in [2.75, 3.05) is 0 Å². The zero-order valence-electron chi connectivity index (χ0n) is 10.9. The van der Waals surface area contributed by atoms with Crippen molar-refractivity contribution < 1.29 is 0 Å². The highest BCUT2D eigenvalue weighted by atomic mass is 14.7. The molecule has 3 rings (SSSR count). The van der Waals surface area contributed by atoms with Gasteiger partial charge in [-0.05, 0) is 24.6 Å². The van der Waals surface area contributed by atoms with E-state index in [0.717, 1.165) is 22.5 Å². The third kappa shape index (κ3) is 2.55. The maximum atomic E-state index is 4.77. The van der Waals surface area contributed by atoms with Crippen LogP contribution in [-0.4, -0.2) is 4.98 Å². The molecule has 0 amide bonds. The van der Waals surface area contributed by atoms with Crippen LogP contribution in [0.25, 0.3) is 22.5 Å². The van der Waals surface area contributed by atoms with E-state index >= 15 is 0 Å². The molecule has 92 valence electrons. The molecule has 1 heteroatoms. The summed E-state index contributed by atoms with van der Waals surface area (Å²) in [6.45, 7) is 2.11. The van der Waals surface area contributed by atoms with E-state index in [0.29, 0.717) is 0 Å². The van der Waals surface area contributed by atoms with Gasteiger partial charge in [-0.2, -0.15) is 0 Å². The first-order chi connectivity index (χ1) is 9.33. The second-order valence-corrected chi connectivity index (χ2v) is 4.65. The lowest BCUT2D eigenvalue weighted by Crippen LogP contribution is -1.89. The molecule has 0 saturated carbocycles. The molecule has 1 aromatic heterocycles. The summed E-state index contributed by atoms with van der Waals surface area (Å²) in [6, 6.07) is 24.9. The number of rotatable bonds is 2. The average Bonchev–Trinajstić information content (AvgIpc) is 2.48. The maximum Gasteiger partial charge on any atom is 0.0712 e. The van der Waals surface area contributed by atoms with Crippen molar-refractivity contribution >= 4 is 0 Å². The fourth-order valence-corrected chi connectivity index (χ4v) is 2.18. The number of aryl methyl sites for hydroxylation is 1. The van der Waals surface area contributed by atoms with Crippen LogP contribution in [0.1, 0.15) is 5.56 Å². The summed E-state index contributed by atoms with van der Waals surface area (Å²) in [5.74, 6) is 0. The Bertz CT molecular complexity index is 615. The van der Waals surface area contributed by atoms with E-state index in [1.54, 1.807) is 0 Å². The van der Waals surface area contributed by atoms with Crippen molar-refractivity contribution in [2.24, 2.45) is 0 Å². The van der Waals surface area contributed by atoms with Gasteiger partial charge in [-0.15, -0.1) is 0 Å². The van der Waals surface area contributed by atoms with Crippen molar-refractivity contribution in [2.45, 2.75) is 6.92 Å². The largest absolute Gasteiger partial charge is 0.248 e. The Morgan fingerprint density at radius 3 is 1.47 bits per heavy atom. The van der Waals surface area contributed by atoms with Crippen molar-refractivity contribution in [3.8, 4) is 22.5 Å². The van der Waals surface area contributed by atoms with Crippen molar-refractivity contribution in [3.63, 3.8) is 0 Å². The van der Waals surface area contributed by atoms with E-state index in [4.69, 9.17) is 4.98 Å². The second-order valence-electron chi connectivity index (χ2n) is 4.65. The number of nitrogens with zero attached hydrogens (tertiary/aromatic N) is 1. The van der Waals surface area contributed by atoms with Gasteiger partial charge in [-0.1, -0.05) is 60.7 Å². The monoisotopic (exact) mass is 245 g/mol. The lowest BCUT2D eigenvalue weighted by molar-refractivity contribution is 1.29. The van der Waals surface area contributed by atoms with Crippen LogP contribution in [0.15, 0.2) is 72.8 Å². The van der Waals surface area contributed by atoms with Gasteiger partial charge < -0.3 is 0 Å². The Morgan fingerprint density at radius 2 is 1.05 bits per heavy atom. The predicted molar refractivity (Wildman–Crippen MR) is 79.8 cm³/mol. The van der Waals surface area contributed by atoms with Gasteiger partial charge in [0.05, 0.1) is 11.4 Å². The average molecular weight is 245 g/mol. The van der Waals surface area contributed by atoms with Crippen LogP contribution in [0.4, 0.5) is 0 Å². The number of hydrogen-bond donors (Lipinski definition) is 0. The molecule has 2 aromatic carbocycles. The highest BCUT2D eigenvalue weighted by molar-refractivity contribution is 5.67. The first-order valence-electron chi connectivity index (χ1n) is 6.42. The molecule has 1 nitrogen and oxygen atoms in total. The highest BCUT2D eigenvalue weighted by Crippen LogP contribution is 2.24. The highest BCUT2D eigenvalue weighted by Gasteiger charge is 2.04. The van der Waals surface area contributed by atoms with E-state index < -0.39 is 0 Å². The number of aromatic nitrogens is 1. The zero-order chi connectivity index (χ0) is 13.1. The minimum Gasteiger partial charge on any atom is -0.248 e. The molecule has 0 bridgehead atoms. The Hall–Kier alpha value is -2.41. The first kappa shape index (κ1) is 11.7. The smallest absolute Gasteiger partial charge is 0.0712 e. The number of hydrogen-bond acceptors (Lipinski definition) is 1. The molecule has 19 heavy (non-hydrogen) atoms. The minimum atomic E-state index is 1.03. The summed E-state index contributed by atoms with van der Waals surface area (Å²) in [5.41, 5.74) is 5.60. The first-order valence-corrected chi connectivity index (χ1v) is 6.42. The summed E-state index contributed by atoms with van der Waals surface area (Å²) in [4.78, 5) is 4.77. The molecule has 0 aliphatic carbocycles. The molecule has 0 aliphatic heterocycles. The Labute approximate surface area is 113 Å². The van der Waals surface area contributed by atoms with Crippen LogP contribution in [0.2, 0.25) is 0 Å². The molecular formula is C18H15N. The van der Waals surface area contributed by atoms with Crippen LogP contribution >= 0.6 is 0 Å². The topological polar surface area (TPSA) is 12.9 Å². The van der Waals surface area contributed by atoms with Gasteiger partial charge in [0.2, 0.25) is 0 Å². The molecule has 1 heterocycles. The standard InChI is InChI=1S/C18H15N/c1-14-12-17(15-8-4-2-5-9-15)19-18(13-14)16-10-6-3-7-11-16/h2-13H,1H3. The van der Waals surface area contributed by atoms with Crippen molar-refractivity contribution in [1.82, 2.24) is 4.98 Å². The van der Waals surface area contributed by atoms with Gasteiger partial charge in [0.1, 0.15) is 0 Å². The molecule has 0 N–H and O–H groups in total. The third-order valence-corrected chi connectivity index (χ3v) is 3.11. The van der Waals surface area contributed by atoms with E-state index in [9.17, 15) is 0 Å². The Morgan fingerprint density at radius 1 is 0.632 bits per heavy atom. The summed E-state index contributed by atoms with van der Waals surface area (Å²) in [7, 11) is 0. The van der Waals surface area contributed by atoms with Crippen LogP contribution < -0.4 is 0 Å². The van der Waals surface area contributed by atoms with Crippen LogP contribution in [-0.2, 0) is 0 Å². The molecule has 0 spiro atoms. The lowest BCUT2D eigenvalue weighted by atomic mass is 10.1. The summed E-state index contributed by atoms with van der Waals surface area (Å²) < 4.78 is 0. The van der Waals surface area contributed by atoms with Gasteiger partial charge in [0.15, 0.2) is 0 Å². The molecule has 0 atom stereocenters. The van der Waals surface area contributed by atoms with Crippen molar-refractivity contribution in [1.29, 1.82) is 0 Å². The molecule has 0 fully saturated rings. The number of benzene rings is 2. The minimum absolute atomic E-state index is 1.03. The summed E-state index contributed by atoms with van der Waals surface area (Å²) in [6.07, 6.45) is 0. The van der Waals surface area contributed by atoms with Gasteiger partial charge in [0.25, 0.3) is 0 Å². The van der Waals surface area contributed by atoms with Gasteiger partial charge in [0, 0.05) is 11.1 Å². The molecule has 3 aromatic rings. The van der Waals surface area contributed by atoms with Crippen LogP contribution in [0.5, 0.6) is 0 Å². The van der Waals surface area contributed by atoms with Gasteiger partial charge in [-0.25, -0.2) is 4.98 Å². The van der Waals surface area contributed by atoms with E-state index in [-0.39, 0.29) is 0 Å². The summed E-state index contributed by atoms with van der Waals surface area (Å²) in [5, 5.41) is 0. The van der Waals surface area contributed by atoms with Gasteiger partial charge in [-0.3, -0.25) is 0 Å². The Balaban J connectivity index is 2.12. The zero-order valence-corrected chi connectivity index (χ0v) is 10.9. The Kier molecular flexibility index (Phi) is 3.11.